The highest BCUT2D eigenvalue weighted by atomic mass is 16.5. The minimum Gasteiger partial charge on any atom is -0.425 e. The summed E-state index contributed by atoms with van der Waals surface area (Å²) in [4.78, 5) is 28.6. The normalized spacial score (nSPS) is 15.5. The molecular formula is C17H19N7O2. The number of nitrogens with zero attached hydrogens (tertiary/aromatic N) is 6. The fraction of sp³-hybridized carbons (Fsp3) is 0.294. The molecule has 1 aliphatic heterocycles. The first-order valence-corrected chi connectivity index (χ1v) is 8.33. The highest BCUT2D eigenvalue weighted by Crippen LogP contribution is 2.27. The van der Waals surface area contributed by atoms with Crippen molar-refractivity contribution < 1.29 is 10.0 Å². The predicted octanol–water partition coefficient (Wildman–Crippen LogP) is 0.981. The number of likely N-dealkylation sites (N-methyl/N-ethyl adjacent to an activating group) is 1. The highest BCUT2D eigenvalue weighted by Gasteiger charge is 2.21. The molecule has 0 aliphatic carbocycles. The SMILES string of the molecule is CN1CCN(c2ccc3nc(-c4cccnc4N)n(O)c3n2)CCC1=O. The monoisotopic (exact) mass is 353 g/mol. The van der Waals surface area contributed by atoms with Crippen molar-refractivity contribution in [2.75, 3.05) is 37.3 Å². The second-order valence-electron chi connectivity index (χ2n) is 6.25. The average molecular weight is 353 g/mol. The molecule has 26 heavy (non-hydrogen) atoms. The van der Waals surface area contributed by atoms with Gasteiger partial charge in [0.1, 0.15) is 17.2 Å². The van der Waals surface area contributed by atoms with E-state index in [1.165, 1.54) is 0 Å². The molecule has 4 heterocycles. The molecule has 3 aromatic heterocycles. The van der Waals surface area contributed by atoms with E-state index < -0.39 is 0 Å². The Morgan fingerprint density at radius 3 is 2.81 bits per heavy atom. The summed E-state index contributed by atoms with van der Waals surface area (Å²) in [6, 6.07) is 7.13. The molecule has 134 valence electrons. The van der Waals surface area contributed by atoms with Crippen molar-refractivity contribution in [1.82, 2.24) is 24.6 Å². The molecule has 0 saturated carbocycles. The van der Waals surface area contributed by atoms with Gasteiger partial charge in [-0.05, 0) is 24.3 Å². The number of imidazole rings is 1. The van der Waals surface area contributed by atoms with Crippen molar-refractivity contribution in [3.8, 4) is 11.4 Å². The Hall–Kier alpha value is -3.36. The molecule has 0 spiro atoms. The number of anilines is 2. The highest BCUT2D eigenvalue weighted by molar-refractivity contribution is 5.81. The lowest BCUT2D eigenvalue weighted by molar-refractivity contribution is -0.129. The minimum atomic E-state index is 0.120. The average Bonchev–Trinajstić information content (AvgIpc) is 2.87. The Morgan fingerprint density at radius 1 is 1.15 bits per heavy atom. The van der Waals surface area contributed by atoms with Crippen LogP contribution in [0.3, 0.4) is 0 Å². The van der Waals surface area contributed by atoms with E-state index in [1.54, 1.807) is 36.3 Å². The van der Waals surface area contributed by atoms with Crippen molar-refractivity contribution in [3.05, 3.63) is 30.5 Å². The number of fused-ring (bicyclic) bond motifs is 1. The fourth-order valence-electron chi connectivity index (χ4n) is 3.05. The van der Waals surface area contributed by atoms with Crippen molar-refractivity contribution in [2.45, 2.75) is 6.42 Å². The van der Waals surface area contributed by atoms with E-state index >= 15 is 0 Å². The Morgan fingerprint density at radius 2 is 2.00 bits per heavy atom. The second kappa shape index (κ2) is 6.17. The number of nitrogens with two attached hydrogens (primary N) is 1. The number of nitrogen functional groups attached to an aromatic ring is 1. The van der Waals surface area contributed by atoms with Gasteiger partial charge in [-0.15, -0.1) is 4.73 Å². The number of hydrogen-bond donors (Lipinski definition) is 2. The summed E-state index contributed by atoms with van der Waals surface area (Å²) >= 11 is 0. The Balaban J connectivity index is 1.73. The van der Waals surface area contributed by atoms with Crippen LogP contribution in [-0.2, 0) is 4.79 Å². The van der Waals surface area contributed by atoms with E-state index in [0.717, 1.165) is 4.73 Å². The van der Waals surface area contributed by atoms with Gasteiger partial charge in [-0.1, -0.05) is 0 Å². The molecule has 1 aliphatic rings. The molecule has 0 bridgehead atoms. The summed E-state index contributed by atoms with van der Waals surface area (Å²) in [6.45, 7) is 1.90. The molecular weight excluding hydrogens is 334 g/mol. The van der Waals surface area contributed by atoms with Gasteiger partial charge in [0.2, 0.25) is 5.91 Å². The molecule has 0 radical (unpaired) electrons. The van der Waals surface area contributed by atoms with Gasteiger partial charge in [0.25, 0.3) is 0 Å². The summed E-state index contributed by atoms with van der Waals surface area (Å²) in [5.74, 6) is 1.39. The smallest absolute Gasteiger partial charge is 0.224 e. The van der Waals surface area contributed by atoms with Crippen molar-refractivity contribution in [2.24, 2.45) is 0 Å². The summed E-state index contributed by atoms with van der Waals surface area (Å²) in [7, 11) is 1.80. The van der Waals surface area contributed by atoms with Crippen LogP contribution in [0, 0.1) is 0 Å². The number of amides is 1. The van der Waals surface area contributed by atoms with Gasteiger partial charge in [-0.25, -0.2) is 15.0 Å². The Bertz CT molecular complexity index is 984. The number of carbonyl (C=O) groups is 1. The zero-order valence-electron chi connectivity index (χ0n) is 14.3. The number of aromatic nitrogens is 4. The van der Waals surface area contributed by atoms with Gasteiger partial charge in [-0.3, -0.25) is 4.79 Å². The Kier molecular flexibility index (Phi) is 3.83. The maximum absolute atomic E-state index is 11.9. The third-order valence-corrected chi connectivity index (χ3v) is 4.60. The lowest BCUT2D eigenvalue weighted by Crippen LogP contribution is -2.30. The van der Waals surface area contributed by atoms with Crippen molar-refractivity contribution in [3.63, 3.8) is 0 Å². The lowest BCUT2D eigenvalue weighted by atomic mass is 10.2. The van der Waals surface area contributed by atoms with E-state index in [-0.39, 0.29) is 11.7 Å². The molecule has 3 aromatic rings. The quantitative estimate of drug-likeness (QED) is 0.660. The molecule has 0 atom stereocenters. The van der Waals surface area contributed by atoms with E-state index in [0.29, 0.717) is 54.4 Å². The number of rotatable bonds is 2. The van der Waals surface area contributed by atoms with E-state index in [2.05, 4.69) is 15.0 Å². The third-order valence-electron chi connectivity index (χ3n) is 4.60. The first-order chi connectivity index (χ1) is 12.5. The van der Waals surface area contributed by atoms with Crippen LogP contribution in [-0.4, -0.2) is 62.4 Å². The molecule has 9 heteroatoms. The molecule has 9 nitrogen and oxygen atoms in total. The van der Waals surface area contributed by atoms with Crippen LogP contribution in [0.25, 0.3) is 22.6 Å². The lowest BCUT2D eigenvalue weighted by Gasteiger charge is -2.21. The maximum Gasteiger partial charge on any atom is 0.224 e. The van der Waals surface area contributed by atoms with Gasteiger partial charge in [-0.2, -0.15) is 0 Å². The molecule has 3 N–H and O–H groups in total. The first kappa shape index (κ1) is 16.1. The first-order valence-electron chi connectivity index (χ1n) is 8.33. The zero-order chi connectivity index (χ0) is 18.3. The molecule has 1 saturated heterocycles. The third kappa shape index (κ3) is 2.67. The maximum atomic E-state index is 11.9. The van der Waals surface area contributed by atoms with Gasteiger partial charge in [0.05, 0.1) is 5.56 Å². The van der Waals surface area contributed by atoms with Gasteiger partial charge < -0.3 is 20.7 Å². The van der Waals surface area contributed by atoms with Crippen LogP contribution in [0.15, 0.2) is 30.5 Å². The molecule has 0 aromatic carbocycles. The standard InChI is InChI=1S/C17H19N7O2/c1-22-9-10-23(8-6-14(22)25)13-5-4-12-17(21-13)24(26)16(20-12)11-3-2-7-19-15(11)18/h2-5,7,26H,6,8-10H2,1H3,(H2,18,19). The summed E-state index contributed by atoms with van der Waals surface area (Å²) < 4.78 is 0.932. The minimum absolute atomic E-state index is 0.120. The number of carbonyl (C=O) groups excluding carboxylic acids is 1. The van der Waals surface area contributed by atoms with E-state index in [1.807, 2.05) is 11.0 Å². The van der Waals surface area contributed by atoms with E-state index in [9.17, 15) is 10.0 Å². The molecule has 4 rings (SSSR count). The summed E-state index contributed by atoms with van der Waals surface area (Å²) in [5, 5.41) is 10.6. The van der Waals surface area contributed by atoms with Gasteiger partial charge in [0, 0.05) is 39.3 Å². The predicted molar refractivity (Wildman–Crippen MR) is 96.8 cm³/mol. The van der Waals surface area contributed by atoms with Crippen molar-refractivity contribution in [1.29, 1.82) is 0 Å². The van der Waals surface area contributed by atoms with Crippen LogP contribution in [0.5, 0.6) is 0 Å². The number of hydrogen-bond acceptors (Lipinski definition) is 7. The fourth-order valence-corrected chi connectivity index (χ4v) is 3.05. The van der Waals surface area contributed by atoms with Crippen LogP contribution in [0.2, 0.25) is 0 Å². The van der Waals surface area contributed by atoms with Crippen LogP contribution in [0.4, 0.5) is 11.6 Å². The molecule has 0 unspecified atom stereocenters. The van der Waals surface area contributed by atoms with Crippen molar-refractivity contribution >= 4 is 28.7 Å². The van der Waals surface area contributed by atoms with Crippen LogP contribution in [0.1, 0.15) is 6.42 Å². The zero-order valence-corrected chi connectivity index (χ0v) is 14.3. The summed E-state index contributed by atoms with van der Waals surface area (Å²) in [6.07, 6.45) is 2.02. The van der Waals surface area contributed by atoms with Gasteiger partial charge >= 0.3 is 0 Å². The van der Waals surface area contributed by atoms with Crippen LogP contribution < -0.4 is 10.6 Å². The largest absolute Gasteiger partial charge is 0.425 e. The van der Waals surface area contributed by atoms with Gasteiger partial charge in [0.15, 0.2) is 11.5 Å². The second-order valence-corrected chi connectivity index (χ2v) is 6.25. The van der Waals surface area contributed by atoms with Crippen LogP contribution >= 0.6 is 0 Å². The topological polar surface area (TPSA) is 113 Å². The number of pyridine rings is 2. The molecule has 1 fully saturated rings. The summed E-state index contributed by atoms with van der Waals surface area (Å²) in [5.41, 5.74) is 7.32. The van der Waals surface area contributed by atoms with E-state index in [4.69, 9.17) is 5.73 Å². The molecule has 1 amide bonds. The Labute approximate surface area is 149 Å².